The van der Waals surface area contributed by atoms with Gasteiger partial charge in [-0.1, -0.05) is 18.2 Å². The normalized spacial score (nSPS) is 23.4. The van der Waals surface area contributed by atoms with Gasteiger partial charge in [0.1, 0.15) is 24.0 Å². The third-order valence-electron chi connectivity index (χ3n) is 7.95. The Morgan fingerprint density at radius 1 is 1.08 bits per heavy atom. The predicted octanol–water partition coefficient (Wildman–Crippen LogP) is 4.71. The molecule has 0 unspecified atom stereocenters. The summed E-state index contributed by atoms with van der Waals surface area (Å²) in [7, 11) is 0. The van der Waals surface area contributed by atoms with E-state index in [9.17, 15) is 4.39 Å². The topological polar surface area (TPSA) is 40.7 Å². The molecule has 1 N–H and O–H groups in total. The van der Waals surface area contributed by atoms with Crippen molar-refractivity contribution in [1.82, 2.24) is 14.8 Å². The van der Waals surface area contributed by atoms with Gasteiger partial charge in [-0.15, -0.1) is 0 Å². The molecule has 2 fully saturated rings. The maximum atomic E-state index is 15.7. The number of nitrogens with zero attached hydrogens (tertiary/aromatic N) is 2. The zero-order valence-electron chi connectivity index (χ0n) is 20.5. The van der Waals surface area contributed by atoms with Crippen LogP contribution in [0.4, 0.5) is 13.2 Å². The molecule has 5 nitrogen and oxygen atoms in total. The lowest BCUT2D eigenvalue weighted by Gasteiger charge is -2.44. The lowest BCUT2D eigenvalue weighted by molar-refractivity contribution is -0.0570. The van der Waals surface area contributed by atoms with Gasteiger partial charge in [-0.05, 0) is 25.0 Å². The lowest BCUT2D eigenvalue weighted by atomic mass is 9.87. The molecule has 192 valence electrons. The predicted molar refractivity (Wildman–Crippen MR) is 132 cm³/mol. The van der Waals surface area contributed by atoms with Crippen molar-refractivity contribution < 1.29 is 22.6 Å². The van der Waals surface area contributed by atoms with Crippen molar-refractivity contribution in [2.75, 3.05) is 52.7 Å². The summed E-state index contributed by atoms with van der Waals surface area (Å²) in [6, 6.07) is 10.2. The molecule has 4 heterocycles. The van der Waals surface area contributed by atoms with Crippen LogP contribution in [0.3, 0.4) is 0 Å². The number of aromatic amines is 1. The van der Waals surface area contributed by atoms with Crippen LogP contribution in [-0.4, -0.2) is 73.5 Å². The molecule has 3 aliphatic rings. The summed E-state index contributed by atoms with van der Waals surface area (Å²) in [5.41, 5.74) is 3.02. The molecule has 3 aliphatic heterocycles. The van der Waals surface area contributed by atoms with Crippen LogP contribution >= 0.6 is 0 Å². The first kappa shape index (κ1) is 23.8. The highest BCUT2D eigenvalue weighted by atomic mass is 19.1. The Bertz CT molecular complexity index is 1210. The van der Waals surface area contributed by atoms with E-state index in [0.717, 1.165) is 28.6 Å². The zero-order chi connectivity index (χ0) is 24.8. The monoisotopic (exact) mass is 499 g/mol. The smallest absolute Gasteiger partial charge is 0.135 e. The van der Waals surface area contributed by atoms with Crippen LogP contribution in [0.1, 0.15) is 29.8 Å². The maximum absolute atomic E-state index is 15.7. The van der Waals surface area contributed by atoms with Gasteiger partial charge < -0.3 is 14.5 Å². The molecular weight excluding hydrogens is 467 g/mol. The van der Waals surface area contributed by atoms with Crippen LogP contribution in [0.2, 0.25) is 0 Å². The van der Waals surface area contributed by atoms with E-state index in [0.29, 0.717) is 51.9 Å². The summed E-state index contributed by atoms with van der Waals surface area (Å²) in [5.74, 6) is -0.583. The minimum Gasteiger partial charge on any atom is -0.492 e. The average molecular weight is 500 g/mol. The molecule has 1 aromatic heterocycles. The van der Waals surface area contributed by atoms with E-state index in [1.165, 1.54) is 12.1 Å². The Hall–Kier alpha value is -2.55. The SMILES string of the molecule is C[C@@H]1Cc2c([nH]c3ccccc23)[C@@H](c2c(F)cc(OCCN3CC(CF)C3)cc2F)N1CC1COC1. The lowest BCUT2D eigenvalue weighted by Crippen LogP contribution is -2.49. The van der Waals surface area contributed by atoms with Crippen molar-refractivity contribution in [3.63, 3.8) is 0 Å². The first-order valence-electron chi connectivity index (χ1n) is 12.8. The number of likely N-dealkylation sites (tertiary alicyclic amines) is 1. The standard InChI is InChI=1S/C28H32F3N3O2/c1-17-8-22-21-4-2-3-5-25(21)32-27(22)28(34(17)14-19-15-35-16-19)26-23(30)9-20(10-24(26)31)36-7-6-33-12-18(11-29)13-33/h2-5,9-10,17-19,28,32H,6-8,11-16H2,1H3/t17-,28-/m1/s1. The Labute approximate surface area is 209 Å². The number of alkyl halides is 1. The quantitative estimate of drug-likeness (QED) is 0.488. The number of fused-ring (bicyclic) bond motifs is 3. The second kappa shape index (κ2) is 9.72. The van der Waals surface area contributed by atoms with E-state index in [1.807, 2.05) is 18.2 Å². The van der Waals surface area contributed by atoms with Gasteiger partial charge in [-0.3, -0.25) is 14.2 Å². The number of nitrogens with one attached hydrogen (secondary N) is 1. The van der Waals surface area contributed by atoms with E-state index in [2.05, 4.69) is 27.8 Å². The van der Waals surface area contributed by atoms with Crippen LogP contribution < -0.4 is 4.74 Å². The molecule has 0 saturated carbocycles. The van der Waals surface area contributed by atoms with Gasteiger partial charge in [0.15, 0.2) is 0 Å². The molecule has 2 atom stereocenters. The maximum Gasteiger partial charge on any atom is 0.135 e. The molecule has 2 aromatic carbocycles. The molecule has 0 bridgehead atoms. The van der Waals surface area contributed by atoms with Gasteiger partial charge in [0, 0.05) is 78.3 Å². The fourth-order valence-corrected chi connectivity index (χ4v) is 5.95. The van der Waals surface area contributed by atoms with Crippen molar-refractivity contribution in [3.8, 4) is 5.75 Å². The van der Waals surface area contributed by atoms with E-state index >= 15 is 8.78 Å². The summed E-state index contributed by atoms with van der Waals surface area (Å²) < 4.78 is 55.1. The average Bonchev–Trinajstić information content (AvgIpc) is 3.16. The molecule has 0 amide bonds. The largest absolute Gasteiger partial charge is 0.492 e. The Morgan fingerprint density at radius 3 is 2.53 bits per heavy atom. The fraction of sp³-hybridized carbons (Fsp3) is 0.500. The number of ether oxygens (including phenoxy) is 2. The summed E-state index contributed by atoms with van der Waals surface area (Å²) in [6.07, 6.45) is 0.813. The van der Waals surface area contributed by atoms with E-state index in [-0.39, 0.29) is 29.9 Å². The highest BCUT2D eigenvalue weighted by Crippen LogP contribution is 2.43. The number of hydrogen-bond donors (Lipinski definition) is 1. The molecular formula is C28H32F3N3O2. The van der Waals surface area contributed by atoms with E-state index < -0.39 is 17.7 Å². The number of aromatic nitrogens is 1. The third-order valence-corrected chi connectivity index (χ3v) is 7.95. The molecule has 36 heavy (non-hydrogen) atoms. The van der Waals surface area contributed by atoms with E-state index in [4.69, 9.17) is 9.47 Å². The first-order valence-corrected chi connectivity index (χ1v) is 12.8. The zero-order valence-corrected chi connectivity index (χ0v) is 20.5. The molecule has 8 heteroatoms. The van der Waals surface area contributed by atoms with Crippen LogP contribution in [-0.2, 0) is 11.2 Å². The van der Waals surface area contributed by atoms with Crippen LogP contribution in [0.15, 0.2) is 36.4 Å². The van der Waals surface area contributed by atoms with Crippen LogP contribution in [0.25, 0.3) is 10.9 Å². The second-order valence-corrected chi connectivity index (χ2v) is 10.5. The van der Waals surface area contributed by atoms with Crippen molar-refractivity contribution in [2.45, 2.75) is 25.4 Å². The van der Waals surface area contributed by atoms with Gasteiger partial charge in [0.2, 0.25) is 0 Å². The number of halogens is 3. The van der Waals surface area contributed by atoms with Gasteiger partial charge in [0.25, 0.3) is 0 Å². The molecule has 0 radical (unpaired) electrons. The van der Waals surface area contributed by atoms with Gasteiger partial charge in [0.05, 0.1) is 25.9 Å². The summed E-state index contributed by atoms with van der Waals surface area (Å²) in [5, 5.41) is 1.11. The van der Waals surface area contributed by atoms with Crippen molar-refractivity contribution >= 4 is 10.9 Å². The highest BCUT2D eigenvalue weighted by Gasteiger charge is 2.40. The fourth-order valence-electron chi connectivity index (χ4n) is 5.95. The van der Waals surface area contributed by atoms with Crippen LogP contribution in [0.5, 0.6) is 5.75 Å². The van der Waals surface area contributed by atoms with E-state index in [1.54, 1.807) is 0 Å². The van der Waals surface area contributed by atoms with Crippen molar-refractivity contribution in [2.24, 2.45) is 11.8 Å². The summed E-state index contributed by atoms with van der Waals surface area (Å²) in [4.78, 5) is 7.79. The number of H-pyrrole nitrogens is 1. The minimum atomic E-state index is -0.606. The number of para-hydroxylation sites is 1. The molecule has 2 saturated heterocycles. The van der Waals surface area contributed by atoms with Crippen molar-refractivity contribution in [3.05, 3.63) is 64.9 Å². The third kappa shape index (κ3) is 4.29. The molecule has 6 rings (SSSR count). The molecule has 0 aliphatic carbocycles. The second-order valence-electron chi connectivity index (χ2n) is 10.5. The number of rotatable bonds is 8. The summed E-state index contributed by atoms with van der Waals surface area (Å²) >= 11 is 0. The molecule has 0 spiro atoms. The highest BCUT2D eigenvalue weighted by molar-refractivity contribution is 5.85. The molecule has 3 aromatic rings. The Morgan fingerprint density at radius 2 is 1.83 bits per heavy atom. The Kier molecular flexibility index (Phi) is 6.44. The van der Waals surface area contributed by atoms with Crippen LogP contribution in [0, 0.1) is 23.5 Å². The Balaban J connectivity index is 1.30. The summed E-state index contributed by atoms with van der Waals surface area (Å²) in [6.45, 7) is 6.22. The first-order chi connectivity index (χ1) is 17.5. The van der Waals surface area contributed by atoms with Gasteiger partial charge in [-0.2, -0.15) is 0 Å². The van der Waals surface area contributed by atoms with Gasteiger partial charge in [-0.25, -0.2) is 8.78 Å². The van der Waals surface area contributed by atoms with Crippen molar-refractivity contribution in [1.29, 1.82) is 0 Å². The van der Waals surface area contributed by atoms with Gasteiger partial charge >= 0.3 is 0 Å². The minimum absolute atomic E-state index is 0.0514. The number of hydrogen-bond acceptors (Lipinski definition) is 4. The number of benzene rings is 2.